The van der Waals surface area contributed by atoms with Crippen LogP contribution in [0.2, 0.25) is 0 Å². The van der Waals surface area contributed by atoms with Crippen molar-refractivity contribution in [3.05, 3.63) is 42.5 Å². The summed E-state index contributed by atoms with van der Waals surface area (Å²) < 4.78 is 47.1. The molecular formula is C10H11O7PSe. The minimum absolute atomic E-state index is 0.426. The summed E-state index contributed by atoms with van der Waals surface area (Å²) in [6.45, 7) is 0. The van der Waals surface area contributed by atoms with Crippen LogP contribution >= 0.6 is 8.25 Å². The van der Waals surface area contributed by atoms with Gasteiger partial charge in [0.05, 0.1) is 0 Å². The molecule has 19 heavy (non-hydrogen) atoms. The van der Waals surface area contributed by atoms with Gasteiger partial charge in [0.15, 0.2) is 0 Å². The van der Waals surface area contributed by atoms with Gasteiger partial charge in [0.2, 0.25) is 0 Å². The van der Waals surface area contributed by atoms with E-state index in [9.17, 15) is 4.57 Å². The van der Waals surface area contributed by atoms with Crippen molar-refractivity contribution in [3.8, 4) is 5.75 Å². The zero-order chi connectivity index (χ0) is 14.5. The van der Waals surface area contributed by atoms with Gasteiger partial charge in [-0.05, 0) is 22.9 Å². The van der Waals surface area contributed by atoms with E-state index in [4.69, 9.17) is 25.5 Å². The van der Waals surface area contributed by atoms with E-state index in [-0.39, 0.29) is 0 Å². The number of rotatable bonds is 2. The zero-order valence-corrected chi connectivity index (χ0v) is 12.1. The van der Waals surface area contributed by atoms with Crippen LogP contribution in [0.1, 0.15) is 0 Å². The van der Waals surface area contributed by atoms with Crippen molar-refractivity contribution in [2.75, 3.05) is 0 Å². The number of hydrogen-bond donors (Lipinski definition) is 3. The molecule has 0 spiro atoms. The monoisotopic (exact) mass is 354 g/mol. The average molecular weight is 353 g/mol. The maximum absolute atomic E-state index is 10.5. The first-order valence-corrected chi connectivity index (χ1v) is 9.04. The molecule has 0 fully saturated rings. The van der Waals surface area contributed by atoms with Crippen molar-refractivity contribution in [2.24, 2.45) is 0 Å². The normalized spacial score (nSPS) is 12.4. The fourth-order valence-corrected chi connectivity index (χ4v) is 1.66. The van der Waals surface area contributed by atoms with Crippen LogP contribution < -0.4 is 4.52 Å². The van der Waals surface area contributed by atoms with Gasteiger partial charge in [0.1, 0.15) is 5.75 Å². The summed E-state index contributed by atoms with van der Waals surface area (Å²) in [6.07, 6.45) is 0. The van der Waals surface area contributed by atoms with E-state index < -0.39 is 21.6 Å². The molecular weight excluding hydrogens is 342 g/mol. The Morgan fingerprint density at radius 3 is 2.05 bits per heavy atom. The first kappa shape index (κ1) is 15.8. The molecule has 0 amide bonds. The third kappa shape index (κ3) is 7.03. The van der Waals surface area contributed by atoms with Crippen LogP contribution in [0.15, 0.2) is 42.5 Å². The van der Waals surface area contributed by atoms with Crippen LogP contribution in [0.3, 0.4) is 0 Å². The van der Waals surface area contributed by atoms with Crippen molar-refractivity contribution in [1.29, 1.82) is 0 Å². The van der Waals surface area contributed by atoms with Gasteiger partial charge in [-0.2, -0.15) is 0 Å². The van der Waals surface area contributed by atoms with E-state index in [1.165, 1.54) is 0 Å². The second kappa shape index (κ2) is 6.77. The summed E-state index contributed by atoms with van der Waals surface area (Å²) in [5.41, 5.74) is 0. The Labute approximate surface area is 111 Å². The second-order valence-electron chi connectivity index (χ2n) is 3.32. The third-order valence-corrected chi connectivity index (χ3v) is 2.34. The standard InChI is InChI=1S/C10H9O3P.H2O4Se/c11-14(12)13-10-6-5-8-3-1-2-4-9(8)7-10;1-5(2,3)4/h1-7,14H,(H,11,12);(H2,1,2,3,4). The number of fused-ring (bicyclic) bond motifs is 1. The Balaban J connectivity index is 0.000000312. The summed E-state index contributed by atoms with van der Waals surface area (Å²) in [6, 6.07) is 13.0. The molecule has 0 radical (unpaired) electrons. The Morgan fingerprint density at radius 2 is 1.53 bits per heavy atom. The topological polar surface area (TPSA) is 121 Å². The fourth-order valence-electron chi connectivity index (χ4n) is 1.33. The molecule has 104 valence electrons. The van der Waals surface area contributed by atoms with Gasteiger partial charge < -0.3 is 9.42 Å². The van der Waals surface area contributed by atoms with Crippen LogP contribution in [-0.4, -0.2) is 26.6 Å². The number of benzene rings is 2. The van der Waals surface area contributed by atoms with Gasteiger partial charge in [0.25, 0.3) is 0 Å². The van der Waals surface area contributed by atoms with Gasteiger partial charge in [-0.25, -0.2) is 4.57 Å². The zero-order valence-electron chi connectivity index (χ0n) is 9.42. The average Bonchev–Trinajstić information content (AvgIpc) is 2.26. The molecule has 0 aliphatic carbocycles. The summed E-state index contributed by atoms with van der Waals surface area (Å²) in [4.78, 5) is 8.60. The molecule has 0 aliphatic rings. The molecule has 2 rings (SSSR count). The van der Waals surface area contributed by atoms with Crippen molar-refractivity contribution >= 4 is 32.4 Å². The maximum atomic E-state index is 10.5. The Hall–Kier alpha value is -1.27. The minimum atomic E-state index is -5.25. The molecule has 0 heterocycles. The molecule has 9 heteroatoms. The Bertz CT molecular complexity index is 675. The van der Waals surface area contributed by atoms with Crippen LogP contribution in [0.4, 0.5) is 0 Å². The third-order valence-electron chi connectivity index (χ3n) is 1.93. The predicted octanol–water partition coefficient (Wildman–Crippen LogP) is 0.868. The van der Waals surface area contributed by atoms with Crippen molar-refractivity contribution in [1.82, 2.24) is 0 Å². The molecule has 0 saturated heterocycles. The molecule has 0 bridgehead atoms. The van der Waals surface area contributed by atoms with Crippen molar-refractivity contribution in [3.63, 3.8) is 0 Å². The molecule has 0 aliphatic heterocycles. The summed E-state index contributed by atoms with van der Waals surface area (Å²) >= 11 is -5.25. The van der Waals surface area contributed by atoms with Crippen LogP contribution in [0, 0.1) is 0 Å². The Kier molecular flexibility index (Phi) is 5.62. The molecule has 1 atom stereocenters. The fraction of sp³-hybridized carbons (Fsp3) is 0. The van der Waals surface area contributed by atoms with E-state index >= 15 is 0 Å². The number of hydrogen-bond acceptors (Lipinski definition) is 4. The van der Waals surface area contributed by atoms with Gasteiger partial charge in [-0.15, -0.1) is 0 Å². The first-order valence-electron chi connectivity index (χ1n) is 4.85. The SMILES string of the molecule is O=[PH](O)Oc1ccc2ccccc2c1.O=[Se](=O)(O)O. The molecule has 7 nitrogen and oxygen atoms in total. The van der Waals surface area contributed by atoms with E-state index in [0.29, 0.717) is 5.75 Å². The van der Waals surface area contributed by atoms with Gasteiger partial charge in [-0.3, -0.25) is 0 Å². The van der Waals surface area contributed by atoms with E-state index in [1.807, 2.05) is 30.3 Å². The predicted molar refractivity (Wildman–Crippen MR) is 67.4 cm³/mol. The van der Waals surface area contributed by atoms with Crippen molar-refractivity contribution < 1.29 is 30.0 Å². The summed E-state index contributed by atoms with van der Waals surface area (Å²) in [7, 11) is -2.90. The van der Waals surface area contributed by atoms with Gasteiger partial charge in [-0.1, -0.05) is 30.3 Å². The molecule has 2 aromatic rings. The van der Waals surface area contributed by atoms with Crippen LogP contribution in [-0.2, 0) is 12.2 Å². The molecule has 3 N–H and O–H groups in total. The Morgan fingerprint density at radius 1 is 1.00 bits per heavy atom. The van der Waals surface area contributed by atoms with E-state index in [1.54, 1.807) is 12.1 Å². The summed E-state index contributed by atoms with van der Waals surface area (Å²) in [5.74, 6) is 0.426. The van der Waals surface area contributed by atoms with E-state index in [2.05, 4.69) is 0 Å². The molecule has 0 saturated carbocycles. The van der Waals surface area contributed by atoms with E-state index in [0.717, 1.165) is 10.8 Å². The van der Waals surface area contributed by atoms with Crippen LogP contribution in [0.25, 0.3) is 10.8 Å². The first-order chi connectivity index (χ1) is 8.75. The molecule has 0 aromatic heterocycles. The molecule has 1 unspecified atom stereocenters. The van der Waals surface area contributed by atoms with Crippen molar-refractivity contribution in [2.45, 2.75) is 0 Å². The van der Waals surface area contributed by atoms with Crippen LogP contribution in [0.5, 0.6) is 5.75 Å². The second-order valence-corrected chi connectivity index (χ2v) is 5.94. The molecule has 2 aromatic carbocycles. The van der Waals surface area contributed by atoms with Gasteiger partial charge in [0, 0.05) is 0 Å². The summed E-state index contributed by atoms with van der Waals surface area (Å²) in [5, 5.41) is 2.07. The quantitative estimate of drug-likeness (QED) is 0.541. The van der Waals surface area contributed by atoms with Gasteiger partial charge >= 0.3 is 37.7 Å².